The summed E-state index contributed by atoms with van der Waals surface area (Å²) >= 11 is 0. The van der Waals surface area contributed by atoms with Gasteiger partial charge in [0.25, 0.3) is 12.4 Å². The van der Waals surface area contributed by atoms with Gasteiger partial charge in [-0.3, -0.25) is 19.3 Å². The summed E-state index contributed by atoms with van der Waals surface area (Å²) in [6.07, 6.45) is -1.09. The van der Waals surface area contributed by atoms with Crippen LogP contribution in [-0.4, -0.2) is 45.2 Å². The molecule has 0 saturated heterocycles. The third-order valence-corrected chi connectivity index (χ3v) is 5.71. The molecule has 2 aromatic carbocycles. The lowest BCUT2D eigenvalue weighted by Crippen LogP contribution is -2.50. The molecule has 37 heavy (non-hydrogen) atoms. The van der Waals surface area contributed by atoms with Crippen molar-refractivity contribution in [2.24, 2.45) is 7.05 Å². The van der Waals surface area contributed by atoms with Gasteiger partial charge in [0.05, 0.1) is 12.2 Å². The number of alkyl halides is 3. The van der Waals surface area contributed by atoms with Gasteiger partial charge in [-0.25, -0.2) is 0 Å². The quantitative estimate of drug-likeness (QED) is 0.395. The van der Waals surface area contributed by atoms with Crippen LogP contribution in [0.5, 0.6) is 11.5 Å². The summed E-state index contributed by atoms with van der Waals surface area (Å²) in [7, 11) is 1.77. The highest BCUT2D eigenvalue weighted by molar-refractivity contribution is 6.06. The van der Waals surface area contributed by atoms with Crippen LogP contribution in [0.15, 0.2) is 67.0 Å². The van der Waals surface area contributed by atoms with Gasteiger partial charge in [0.1, 0.15) is 28.2 Å². The Balaban J connectivity index is 0.00000102. The molecule has 0 unspecified atom stereocenters. The Morgan fingerprint density at radius 3 is 2.62 bits per heavy atom. The van der Waals surface area contributed by atoms with Gasteiger partial charge in [0.2, 0.25) is 0 Å². The van der Waals surface area contributed by atoms with E-state index in [1.807, 2.05) is 12.3 Å². The lowest BCUT2D eigenvalue weighted by atomic mass is 9.81. The predicted octanol–water partition coefficient (Wildman–Crippen LogP) is 4.02. The average molecular weight is 514 g/mol. The standard InChI is InChI=1S/C24H19F3N4O3.CH2O2/c1-31-14-15-4-2-5-18(20(15)30-31)22(32)29-23(11-13-33-19-6-3-12-28-21(19)23)16-7-9-17(10-8-16)34-24(25,26)27;2-1-3/h2-10,12,14H,11,13H2,1H3,(H,29,32);1H,(H,2,3)/t23-;/m0./s1. The molecule has 5 rings (SSSR count). The number of ether oxygens (including phenoxy) is 2. The van der Waals surface area contributed by atoms with E-state index in [0.717, 1.165) is 5.39 Å². The number of rotatable bonds is 4. The molecule has 0 radical (unpaired) electrons. The molecule has 12 heteroatoms. The van der Waals surface area contributed by atoms with Gasteiger partial charge < -0.3 is 19.9 Å². The van der Waals surface area contributed by atoms with Crippen LogP contribution in [0.2, 0.25) is 0 Å². The fraction of sp³-hybridized carbons (Fsp3) is 0.200. The number of amides is 1. The number of hydrogen-bond donors (Lipinski definition) is 2. The first-order valence-corrected chi connectivity index (χ1v) is 10.9. The van der Waals surface area contributed by atoms with Crippen LogP contribution in [0.25, 0.3) is 10.9 Å². The van der Waals surface area contributed by atoms with Gasteiger partial charge in [-0.15, -0.1) is 13.2 Å². The topological polar surface area (TPSA) is 116 Å². The Morgan fingerprint density at radius 2 is 1.92 bits per heavy atom. The van der Waals surface area contributed by atoms with Crippen LogP contribution >= 0.6 is 0 Å². The Bertz CT molecular complexity index is 1420. The Kier molecular flexibility index (Phi) is 7.00. The first kappa shape index (κ1) is 25.5. The van der Waals surface area contributed by atoms with Crippen LogP contribution in [0, 0.1) is 0 Å². The van der Waals surface area contributed by atoms with E-state index in [4.69, 9.17) is 14.6 Å². The van der Waals surface area contributed by atoms with E-state index in [1.54, 1.807) is 42.2 Å². The number of hydrogen-bond acceptors (Lipinski definition) is 6. The number of carbonyl (C=O) groups is 2. The van der Waals surface area contributed by atoms with Crippen molar-refractivity contribution in [3.63, 3.8) is 0 Å². The van der Waals surface area contributed by atoms with Crippen molar-refractivity contribution in [3.05, 3.63) is 83.8 Å². The molecule has 2 aromatic heterocycles. The van der Waals surface area contributed by atoms with Crippen molar-refractivity contribution < 1.29 is 37.3 Å². The number of nitrogens with zero attached hydrogens (tertiary/aromatic N) is 3. The maximum atomic E-state index is 13.6. The smallest absolute Gasteiger partial charge is 0.491 e. The van der Waals surface area contributed by atoms with Crippen molar-refractivity contribution in [2.45, 2.75) is 18.3 Å². The van der Waals surface area contributed by atoms with Crippen molar-refractivity contribution in [2.75, 3.05) is 6.61 Å². The lowest BCUT2D eigenvalue weighted by Gasteiger charge is -2.39. The number of pyridine rings is 1. The molecule has 0 saturated carbocycles. The molecule has 1 aliphatic rings. The van der Waals surface area contributed by atoms with E-state index in [2.05, 4.69) is 20.1 Å². The fourth-order valence-electron chi connectivity index (χ4n) is 4.29. The van der Waals surface area contributed by atoms with E-state index in [0.29, 0.717) is 34.5 Å². The van der Waals surface area contributed by atoms with Gasteiger partial charge in [-0.2, -0.15) is 5.10 Å². The zero-order valence-corrected chi connectivity index (χ0v) is 19.4. The summed E-state index contributed by atoms with van der Waals surface area (Å²) in [6, 6.07) is 14.2. The molecule has 192 valence electrons. The van der Waals surface area contributed by atoms with Crippen LogP contribution in [-0.2, 0) is 17.4 Å². The number of nitrogens with one attached hydrogen (secondary N) is 1. The van der Waals surface area contributed by atoms with Gasteiger partial charge in [0.15, 0.2) is 0 Å². The van der Waals surface area contributed by atoms with Crippen molar-refractivity contribution >= 4 is 23.3 Å². The minimum absolute atomic E-state index is 0.250. The normalized spacial score (nSPS) is 16.5. The Morgan fingerprint density at radius 1 is 1.19 bits per heavy atom. The van der Waals surface area contributed by atoms with E-state index < -0.39 is 17.8 Å². The molecule has 1 amide bonds. The molecule has 1 atom stereocenters. The lowest BCUT2D eigenvalue weighted by molar-refractivity contribution is -0.274. The van der Waals surface area contributed by atoms with E-state index >= 15 is 0 Å². The highest BCUT2D eigenvalue weighted by Crippen LogP contribution is 2.41. The van der Waals surface area contributed by atoms with E-state index in [9.17, 15) is 18.0 Å². The molecule has 0 aliphatic carbocycles. The largest absolute Gasteiger partial charge is 0.573 e. The van der Waals surface area contributed by atoms with Crippen LogP contribution in [0.1, 0.15) is 28.0 Å². The zero-order valence-electron chi connectivity index (χ0n) is 19.4. The second-order valence-corrected chi connectivity index (χ2v) is 8.03. The summed E-state index contributed by atoms with van der Waals surface area (Å²) < 4.78 is 49.3. The van der Waals surface area contributed by atoms with Crippen molar-refractivity contribution in [1.82, 2.24) is 20.1 Å². The SMILES string of the molecule is Cn1cc2cccc(C(=O)N[C@]3(c4ccc(OC(F)(F)F)cc4)CCOc4cccnc43)c2n1.O=CO. The van der Waals surface area contributed by atoms with Crippen molar-refractivity contribution in [3.8, 4) is 11.5 Å². The fourth-order valence-corrected chi connectivity index (χ4v) is 4.29. The number of halogens is 3. The minimum atomic E-state index is -4.80. The van der Waals surface area contributed by atoms with Crippen LogP contribution in [0.4, 0.5) is 13.2 Å². The molecular weight excluding hydrogens is 493 g/mol. The number of carboxylic acid groups (broad SMARTS) is 1. The molecule has 0 fully saturated rings. The monoisotopic (exact) mass is 514 g/mol. The maximum absolute atomic E-state index is 13.6. The number of fused-ring (bicyclic) bond motifs is 2. The van der Waals surface area contributed by atoms with Gasteiger partial charge in [0, 0.05) is 31.2 Å². The number of carbonyl (C=O) groups excluding carboxylic acids is 1. The average Bonchev–Trinajstić information content (AvgIpc) is 3.24. The molecule has 1 aliphatic heterocycles. The minimum Gasteiger partial charge on any atom is -0.491 e. The van der Waals surface area contributed by atoms with Crippen molar-refractivity contribution in [1.29, 1.82) is 0 Å². The molecule has 0 bridgehead atoms. The molecule has 3 heterocycles. The third-order valence-electron chi connectivity index (χ3n) is 5.71. The first-order valence-electron chi connectivity index (χ1n) is 10.9. The van der Waals surface area contributed by atoms with Crippen LogP contribution < -0.4 is 14.8 Å². The van der Waals surface area contributed by atoms with E-state index in [1.165, 1.54) is 24.3 Å². The van der Waals surface area contributed by atoms with Gasteiger partial charge >= 0.3 is 6.36 Å². The summed E-state index contributed by atoms with van der Waals surface area (Å²) in [4.78, 5) is 26.4. The number of benzene rings is 2. The van der Waals surface area contributed by atoms with E-state index in [-0.39, 0.29) is 18.8 Å². The summed E-state index contributed by atoms with van der Waals surface area (Å²) in [5, 5.41) is 15.2. The second kappa shape index (κ2) is 10.2. The highest BCUT2D eigenvalue weighted by Gasteiger charge is 2.43. The zero-order chi connectivity index (χ0) is 26.6. The molecule has 9 nitrogen and oxygen atoms in total. The predicted molar refractivity (Wildman–Crippen MR) is 125 cm³/mol. The Labute approximate surface area is 208 Å². The van der Waals surface area contributed by atoms with Gasteiger partial charge in [-0.1, -0.05) is 24.3 Å². The van der Waals surface area contributed by atoms with Crippen LogP contribution in [0.3, 0.4) is 0 Å². The molecule has 4 aromatic rings. The number of aryl methyl sites for hydroxylation is 1. The number of aromatic nitrogens is 3. The molecule has 0 spiro atoms. The second-order valence-electron chi connectivity index (χ2n) is 8.03. The molecule has 2 N–H and O–H groups in total. The summed E-state index contributed by atoms with van der Waals surface area (Å²) in [5.41, 5.74) is 0.789. The summed E-state index contributed by atoms with van der Waals surface area (Å²) in [5.74, 6) is -0.261. The molecular formula is C25H21F3N4O5. The maximum Gasteiger partial charge on any atom is 0.573 e. The summed E-state index contributed by atoms with van der Waals surface area (Å²) in [6.45, 7) is 0.0214. The highest BCUT2D eigenvalue weighted by atomic mass is 19.4. The Hall–Kier alpha value is -4.61. The third kappa shape index (κ3) is 5.32. The first-order chi connectivity index (χ1) is 17.7. The van der Waals surface area contributed by atoms with Gasteiger partial charge in [-0.05, 0) is 35.9 Å².